The van der Waals surface area contributed by atoms with Gasteiger partial charge in [-0.25, -0.2) is 0 Å². The molecule has 0 aromatic carbocycles. The van der Waals surface area contributed by atoms with E-state index in [4.69, 9.17) is 4.52 Å². The molecule has 6 nitrogen and oxygen atoms in total. The van der Waals surface area contributed by atoms with Gasteiger partial charge in [0.1, 0.15) is 0 Å². The summed E-state index contributed by atoms with van der Waals surface area (Å²) in [6.07, 6.45) is 4.65. The van der Waals surface area contributed by atoms with Crippen LogP contribution >= 0.6 is 0 Å². The van der Waals surface area contributed by atoms with Crippen molar-refractivity contribution < 1.29 is 9.32 Å². The maximum atomic E-state index is 12.6. The molecule has 0 radical (unpaired) electrons. The molecule has 1 aliphatic rings. The molecule has 1 unspecified atom stereocenters. The first-order chi connectivity index (χ1) is 11.1. The summed E-state index contributed by atoms with van der Waals surface area (Å²) in [4.78, 5) is 23.2. The molecule has 0 N–H and O–H groups in total. The van der Waals surface area contributed by atoms with Crippen LogP contribution in [0.1, 0.15) is 62.5 Å². The maximum absolute atomic E-state index is 12.6. The Bertz CT molecular complexity index is 654. The summed E-state index contributed by atoms with van der Waals surface area (Å²) >= 11 is 0. The Morgan fingerprint density at radius 2 is 2.30 bits per heavy atom. The van der Waals surface area contributed by atoms with Gasteiger partial charge in [0.2, 0.25) is 11.8 Å². The molecule has 0 bridgehead atoms. The molecule has 2 aromatic heterocycles. The third-order valence-corrected chi connectivity index (χ3v) is 4.16. The number of hydrogen-bond acceptors (Lipinski definition) is 5. The highest BCUT2D eigenvalue weighted by molar-refractivity contribution is 5.77. The van der Waals surface area contributed by atoms with Gasteiger partial charge in [0, 0.05) is 31.5 Å². The van der Waals surface area contributed by atoms with Crippen molar-refractivity contribution in [1.29, 1.82) is 0 Å². The van der Waals surface area contributed by atoms with Crippen LogP contribution in [-0.4, -0.2) is 32.5 Å². The van der Waals surface area contributed by atoms with Crippen LogP contribution in [0.15, 0.2) is 28.9 Å². The lowest BCUT2D eigenvalue weighted by Crippen LogP contribution is -2.31. The fourth-order valence-corrected chi connectivity index (χ4v) is 2.91. The molecule has 0 aliphatic carbocycles. The van der Waals surface area contributed by atoms with E-state index in [1.165, 1.54) is 0 Å². The highest BCUT2D eigenvalue weighted by Gasteiger charge is 2.30. The summed E-state index contributed by atoms with van der Waals surface area (Å²) in [5.41, 5.74) is 0.971. The Morgan fingerprint density at radius 1 is 1.43 bits per heavy atom. The molecule has 1 aliphatic heterocycles. The number of carbonyl (C=O) groups is 1. The third kappa shape index (κ3) is 3.57. The van der Waals surface area contributed by atoms with Crippen molar-refractivity contribution in [2.24, 2.45) is 0 Å². The second-order valence-electron chi connectivity index (χ2n) is 6.20. The van der Waals surface area contributed by atoms with Crippen LogP contribution in [0.25, 0.3) is 0 Å². The first-order valence-corrected chi connectivity index (χ1v) is 8.18. The summed E-state index contributed by atoms with van der Waals surface area (Å²) in [7, 11) is 0. The van der Waals surface area contributed by atoms with E-state index in [0.717, 1.165) is 25.1 Å². The van der Waals surface area contributed by atoms with Crippen LogP contribution in [-0.2, 0) is 11.2 Å². The molecule has 3 heterocycles. The molecule has 6 heteroatoms. The fraction of sp³-hybridized carbons (Fsp3) is 0.529. The lowest BCUT2D eigenvalue weighted by Gasteiger charge is -2.24. The van der Waals surface area contributed by atoms with E-state index in [0.29, 0.717) is 24.6 Å². The predicted octanol–water partition coefficient (Wildman–Crippen LogP) is 2.88. The first kappa shape index (κ1) is 15.6. The molecule has 0 saturated carbocycles. The van der Waals surface area contributed by atoms with Gasteiger partial charge in [-0.15, -0.1) is 0 Å². The minimum absolute atomic E-state index is 0.0950. The smallest absolute Gasteiger partial charge is 0.227 e. The zero-order chi connectivity index (χ0) is 16.2. The number of hydrogen-bond donors (Lipinski definition) is 0. The van der Waals surface area contributed by atoms with Gasteiger partial charge in [0.25, 0.3) is 0 Å². The van der Waals surface area contributed by atoms with Crippen molar-refractivity contribution in [3.05, 3.63) is 41.8 Å². The third-order valence-electron chi connectivity index (χ3n) is 4.16. The van der Waals surface area contributed by atoms with Gasteiger partial charge in [-0.1, -0.05) is 25.1 Å². The van der Waals surface area contributed by atoms with Crippen molar-refractivity contribution in [3.8, 4) is 0 Å². The number of amides is 1. The van der Waals surface area contributed by atoms with Gasteiger partial charge in [0.05, 0.1) is 11.7 Å². The van der Waals surface area contributed by atoms with Crippen molar-refractivity contribution in [2.45, 2.75) is 51.5 Å². The monoisotopic (exact) mass is 314 g/mol. The number of carbonyl (C=O) groups excluding carboxylic acids is 1. The van der Waals surface area contributed by atoms with Crippen LogP contribution in [0.3, 0.4) is 0 Å². The minimum atomic E-state index is 0.0950. The van der Waals surface area contributed by atoms with Crippen LogP contribution in [0.4, 0.5) is 0 Å². The summed E-state index contributed by atoms with van der Waals surface area (Å²) in [6.45, 7) is 4.82. The lowest BCUT2D eigenvalue weighted by molar-refractivity contribution is -0.132. The molecule has 23 heavy (non-hydrogen) atoms. The van der Waals surface area contributed by atoms with Gasteiger partial charge >= 0.3 is 0 Å². The van der Waals surface area contributed by atoms with Gasteiger partial charge in [0.15, 0.2) is 5.82 Å². The number of nitrogens with zero attached hydrogens (tertiary/aromatic N) is 4. The lowest BCUT2D eigenvalue weighted by atomic mass is 10.1. The van der Waals surface area contributed by atoms with E-state index in [1.807, 2.05) is 36.9 Å². The van der Waals surface area contributed by atoms with Crippen LogP contribution in [0.5, 0.6) is 0 Å². The number of aryl methyl sites for hydroxylation is 1. The van der Waals surface area contributed by atoms with E-state index < -0.39 is 0 Å². The molecular formula is C17H22N4O2. The van der Waals surface area contributed by atoms with E-state index in [-0.39, 0.29) is 17.9 Å². The highest BCUT2D eigenvalue weighted by Crippen LogP contribution is 2.31. The summed E-state index contributed by atoms with van der Waals surface area (Å²) in [6, 6.07) is 5.95. The van der Waals surface area contributed by atoms with E-state index in [9.17, 15) is 4.79 Å². The summed E-state index contributed by atoms with van der Waals surface area (Å²) in [5, 5.41) is 3.93. The standard InChI is InChI=1S/C17H22N4O2/c1-12(2)17-19-15(23-20-17)8-9-16(22)21-11-5-7-14(21)13-6-3-4-10-18-13/h3-4,6,10,12,14H,5,7-9,11H2,1-2H3. The predicted molar refractivity (Wildman–Crippen MR) is 84.6 cm³/mol. The molecule has 1 amide bonds. The number of rotatable bonds is 5. The van der Waals surface area contributed by atoms with E-state index in [1.54, 1.807) is 6.20 Å². The summed E-state index contributed by atoms with van der Waals surface area (Å²) in [5.74, 6) is 1.59. The minimum Gasteiger partial charge on any atom is -0.339 e. The summed E-state index contributed by atoms with van der Waals surface area (Å²) < 4.78 is 5.21. The average Bonchev–Trinajstić information content (AvgIpc) is 3.23. The topological polar surface area (TPSA) is 72.1 Å². The Balaban J connectivity index is 1.61. The van der Waals surface area contributed by atoms with Crippen LogP contribution in [0.2, 0.25) is 0 Å². The molecule has 1 fully saturated rings. The molecule has 1 atom stereocenters. The second-order valence-corrected chi connectivity index (χ2v) is 6.20. The van der Waals surface area contributed by atoms with Crippen LogP contribution < -0.4 is 0 Å². The van der Waals surface area contributed by atoms with E-state index in [2.05, 4.69) is 15.1 Å². The largest absolute Gasteiger partial charge is 0.339 e. The fourth-order valence-electron chi connectivity index (χ4n) is 2.91. The Labute approximate surface area is 135 Å². The SMILES string of the molecule is CC(C)c1noc(CCC(=O)N2CCCC2c2ccccn2)n1. The second kappa shape index (κ2) is 6.89. The quantitative estimate of drug-likeness (QED) is 0.848. The highest BCUT2D eigenvalue weighted by atomic mass is 16.5. The Morgan fingerprint density at radius 3 is 3.00 bits per heavy atom. The normalized spacial score (nSPS) is 17.9. The molecule has 0 spiro atoms. The zero-order valence-corrected chi connectivity index (χ0v) is 13.6. The Hall–Kier alpha value is -2.24. The zero-order valence-electron chi connectivity index (χ0n) is 13.6. The average molecular weight is 314 g/mol. The van der Waals surface area contributed by atoms with Gasteiger partial charge in [-0.2, -0.15) is 4.98 Å². The van der Waals surface area contributed by atoms with Crippen LogP contribution in [0, 0.1) is 0 Å². The number of aromatic nitrogens is 3. The molecular weight excluding hydrogens is 292 g/mol. The van der Waals surface area contributed by atoms with Crippen molar-refractivity contribution in [1.82, 2.24) is 20.0 Å². The maximum Gasteiger partial charge on any atom is 0.227 e. The molecule has 2 aromatic rings. The van der Waals surface area contributed by atoms with Crippen molar-refractivity contribution in [2.75, 3.05) is 6.54 Å². The van der Waals surface area contributed by atoms with Crippen molar-refractivity contribution in [3.63, 3.8) is 0 Å². The number of pyridine rings is 1. The molecule has 122 valence electrons. The molecule has 3 rings (SSSR count). The van der Waals surface area contributed by atoms with Gasteiger partial charge in [-0.3, -0.25) is 9.78 Å². The molecule has 1 saturated heterocycles. The first-order valence-electron chi connectivity index (χ1n) is 8.18. The number of likely N-dealkylation sites (tertiary alicyclic amines) is 1. The Kier molecular flexibility index (Phi) is 4.69. The van der Waals surface area contributed by atoms with Gasteiger partial charge in [-0.05, 0) is 25.0 Å². The van der Waals surface area contributed by atoms with Crippen molar-refractivity contribution >= 4 is 5.91 Å². The van der Waals surface area contributed by atoms with Gasteiger partial charge < -0.3 is 9.42 Å². The van der Waals surface area contributed by atoms with E-state index >= 15 is 0 Å².